The molecule has 0 saturated heterocycles. The Morgan fingerprint density at radius 3 is 2.38 bits per heavy atom. The van der Waals surface area contributed by atoms with E-state index in [0.29, 0.717) is 5.56 Å². The Labute approximate surface area is 125 Å². The summed E-state index contributed by atoms with van der Waals surface area (Å²) in [6.45, 7) is 6.88. The summed E-state index contributed by atoms with van der Waals surface area (Å²) in [5.74, 6) is 0.721. The summed E-state index contributed by atoms with van der Waals surface area (Å²) in [6.07, 6.45) is 1.61. The van der Waals surface area contributed by atoms with E-state index in [4.69, 9.17) is 0 Å². The van der Waals surface area contributed by atoms with Gasteiger partial charge in [0, 0.05) is 25.5 Å². The molecule has 21 heavy (non-hydrogen) atoms. The molecule has 110 valence electrons. The number of carbonyl (C=O) groups is 1. The molecule has 1 heterocycles. The van der Waals surface area contributed by atoms with Crippen molar-refractivity contribution in [2.75, 3.05) is 23.8 Å². The first-order chi connectivity index (χ1) is 10.0. The number of nitrogens with zero attached hydrogens (tertiary/aromatic N) is 2. The number of carbonyl (C=O) groups excluding carboxylic acids is 1. The van der Waals surface area contributed by atoms with Crippen LogP contribution < -0.4 is 10.2 Å². The smallest absolute Gasteiger partial charge is 0.259 e. The van der Waals surface area contributed by atoms with Gasteiger partial charge in [0.1, 0.15) is 5.82 Å². The van der Waals surface area contributed by atoms with Gasteiger partial charge < -0.3 is 10.2 Å². The molecule has 2 rings (SSSR count). The van der Waals surface area contributed by atoms with Crippen LogP contribution in [0.3, 0.4) is 0 Å². The number of amides is 1. The van der Waals surface area contributed by atoms with Crippen molar-refractivity contribution in [2.24, 2.45) is 0 Å². The SMILES string of the molecule is CCNc1ccc(C(=O)N(C)c2cc(C)cc(C)c2)cn1. The van der Waals surface area contributed by atoms with E-state index in [0.717, 1.165) is 29.2 Å². The molecule has 1 aromatic heterocycles. The lowest BCUT2D eigenvalue weighted by molar-refractivity contribution is 0.0992. The Hall–Kier alpha value is -2.36. The maximum Gasteiger partial charge on any atom is 0.259 e. The van der Waals surface area contributed by atoms with Gasteiger partial charge in [-0.25, -0.2) is 4.98 Å². The van der Waals surface area contributed by atoms with Crippen LogP contribution in [0.4, 0.5) is 11.5 Å². The molecule has 0 unspecified atom stereocenters. The van der Waals surface area contributed by atoms with Crippen LogP contribution in [-0.4, -0.2) is 24.5 Å². The molecule has 0 fully saturated rings. The van der Waals surface area contributed by atoms with Crippen LogP contribution in [0.5, 0.6) is 0 Å². The molecule has 0 aliphatic heterocycles. The average molecular weight is 283 g/mol. The Kier molecular flexibility index (Phi) is 4.58. The van der Waals surface area contributed by atoms with Gasteiger partial charge in [0.25, 0.3) is 5.91 Å². The first-order valence-electron chi connectivity index (χ1n) is 7.07. The largest absolute Gasteiger partial charge is 0.370 e. The third-order valence-electron chi connectivity index (χ3n) is 3.27. The minimum absolute atomic E-state index is 0.0597. The molecule has 1 aromatic carbocycles. The van der Waals surface area contributed by atoms with Gasteiger partial charge in [0.2, 0.25) is 0 Å². The second-order valence-electron chi connectivity index (χ2n) is 5.17. The van der Waals surface area contributed by atoms with Crippen molar-refractivity contribution in [3.05, 3.63) is 53.2 Å². The van der Waals surface area contributed by atoms with Crippen LogP contribution in [0.15, 0.2) is 36.5 Å². The molecule has 4 heteroatoms. The number of pyridine rings is 1. The summed E-state index contributed by atoms with van der Waals surface area (Å²) in [4.78, 5) is 18.4. The van der Waals surface area contributed by atoms with E-state index in [1.807, 2.05) is 39.0 Å². The van der Waals surface area contributed by atoms with Gasteiger partial charge in [-0.1, -0.05) is 6.07 Å². The summed E-state index contributed by atoms with van der Waals surface area (Å²) >= 11 is 0. The fourth-order valence-electron chi connectivity index (χ4n) is 2.26. The van der Waals surface area contributed by atoms with Gasteiger partial charge in [-0.05, 0) is 56.2 Å². The Morgan fingerprint density at radius 1 is 1.19 bits per heavy atom. The fourth-order valence-corrected chi connectivity index (χ4v) is 2.26. The number of hydrogen-bond acceptors (Lipinski definition) is 3. The minimum atomic E-state index is -0.0597. The van der Waals surface area contributed by atoms with Crippen LogP contribution in [0.25, 0.3) is 0 Å². The van der Waals surface area contributed by atoms with Crippen molar-refractivity contribution in [3.8, 4) is 0 Å². The number of hydrogen-bond donors (Lipinski definition) is 1. The lowest BCUT2D eigenvalue weighted by atomic mass is 10.1. The van der Waals surface area contributed by atoms with Crippen LogP contribution in [0.2, 0.25) is 0 Å². The average Bonchev–Trinajstić information content (AvgIpc) is 2.46. The third kappa shape index (κ3) is 3.60. The number of nitrogens with one attached hydrogen (secondary N) is 1. The first kappa shape index (κ1) is 15.0. The van der Waals surface area contributed by atoms with Crippen molar-refractivity contribution in [1.82, 2.24) is 4.98 Å². The van der Waals surface area contributed by atoms with Crippen molar-refractivity contribution in [1.29, 1.82) is 0 Å². The molecular formula is C17H21N3O. The molecule has 0 radical (unpaired) electrons. The highest BCUT2D eigenvalue weighted by atomic mass is 16.2. The number of aromatic nitrogens is 1. The maximum absolute atomic E-state index is 12.5. The molecule has 0 bridgehead atoms. The van der Waals surface area contributed by atoms with E-state index in [1.54, 1.807) is 24.2 Å². The van der Waals surface area contributed by atoms with Gasteiger partial charge in [0.15, 0.2) is 0 Å². The molecule has 1 N–H and O–H groups in total. The minimum Gasteiger partial charge on any atom is -0.370 e. The van der Waals surface area contributed by atoms with E-state index in [-0.39, 0.29) is 5.91 Å². The van der Waals surface area contributed by atoms with Gasteiger partial charge >= 0.3 is 0 Å². The van der Waals surface area contributed by atoms with E-state index in [9.17, 15) is 4.79 Å². The summed E-state index contributed by atoms with van der Waals surface area (Å²) in [5.41, 5.74) is 3.77. The molecule has 0 saturated carbocycles. The molecule has 2 aromatic rings. The highest BCUT2D eigenvalue weighted by molar-refractivity contribution is 6.05. The number of benzene rings is 1. The summed E-state index contributed by atoms with van der Waals surface area (Å²) < 4.78 is 0. The topological polar surface area (TPSA) is 45.2 Å². The monoisotopic (exact) mass is 283 g/mol. The van der Waals surface area contributed by atoms with E-state index < -0.39 is 0 Å². The lowest BCUT2D eigenvalue weighted by Gasteiger charge is -2.18. The highest BCUT2D eigenvalue weighted by Crippen LogP contribution is 2.19. The molecule has 0 spiro atoms. The number of anilines is 2. The molecule has 0 aliphatic rings. The van der Waals surface area contributed by atoms with Crippen molar-refractivity contribution < 1.29 is 4.79 Å². The normalized spacial score (nSPS) is 10.3. The molecular weight excluding hydrogens is 262 g/mol. The fraction of sp³-hybridized carbons (Fsp3) is 0.294. The Bertz CT molecular complexity index is 615. The quantitative estimate of drug-likeness (QED) is 0.935. The Balaban J connectivity index is 2.22. The lowest BCUT2D eigenvalue weighted by Crippen LogP contribution is -2.26. The third-order valence-corrected chi connectivity index (χ3v) is 3.27. The van der Waals surface area contributed by atoms with Crippen LogP contribution in [-0.2, 0) is 0 Å². The van der Waals surface area contributed by atoms with Gasteiger partial charge in [-0.15, -0.1) is 0 Å². The predicted molar refractivity (Wildman–Crippen MR) is 87.1 cm³/mol. The van der Waals surface area contributed by atoms with Gasteiger partial charge in [-0.3, -0.25) is 4.79 Å². The first-order valence-corrected chi connectivity index (χ1v) is 7.07. The zero-order valence-corrected chi connectivity index (χ0v) is 13.0. The van der Waals surface area contributed by atoms with Crippen molar-refractivity contribution in [3.63, 3.8) is 0 Å². The summed E-state index contributed by atoms with van der Waals surface area (Å²) in [5, 5.41) is 3.11. The van der Waals surface area contributed by atoms with Crippen molar-refractivity contribution in [2.45, 2.75) is 20.8 Å². The highest BCUT2D eigenvalue weighted by Gasteiger charge is 2.14. The molecule has 0 aliphatic carbocycles. The Morgan fingerprint density at radius 2 is 1.86 bits per heavy atom. The summed E-state index contributed by atoms with van der Waals surface area (Å²) in [6, 6.07) is 9.73. The van der Waals surface area contributed by atoms with Crippen molar-refractivity contribution >= 4 is 17.4 Å². The zero-order chi connectivity index (χ0) is 15.4. The van der Waals surface area contributed by atoms with E-state index in [2.05, 4.69) is 16.4 Å². The molecule has 1 amide bonds. The second-order valence-corrected chi connectivity index (χ2v) is 5.17. The molecule has 0 atom stereocenters. The van der Waals surface area contributed by atoms with Crippen LogP contribution >= 0.6 is 0 Å². The predicted octanol–water partition coefficient (Wildman–Crippen LogP) is 3.41. The van der Waals surface area contributed by atoms with Crippen LogP contribution in [0.1, 0.15) is 28.4 Å². The number of rotatable bonds is 4. The maximum atomic E-state index is 12.5. The van der Waals surface area contributed by atoms with E-state index >= 15 is 0 Å². The van der Waals surface area contributed by atoms with Crippen LogP contribution in [0, 0.1) is 13.8 Å². The summed E-state index contributed by atoms with van der Waals surface area (Å²) in [7, 11) is 1.79. The number of aryl methyl sites for hydroxylation is 2. The van der Waals surface area contributed by atoms with Gasteiger partial charge in [-0.2, -0.15) is 0 Å². The van der Waals surface area contributed by atoms with Gasteiger partial charge in [0.05, 0.1) is 5.56 Å². The standard InChI is InChI=1S/C17H21N3O/c1-5-18-16-7-6-14(11-19-16)17(21)20(4)15-9-12(2)8-13(3)10-15/h6-11H,5H2,1-4H3,(H,18,19). The molecule has 4 nitrogen and oxygen atoms in total. The second kappa shape index (κ2) is 6.39. The zero-order valence-electron chi connectivity index (χ0n) is 13.0. The van der Waals surface area contributed by atoms with E-state index in [1.165, 1.54) is 0 Å².